The lowest BCUT2D eigenvalue weighted by molar-refractivity contribution is -0.138. The predicted octanol–water partition coefficient (Wildman–Crippen LogP) is 4.05. The van der Waals surface area contributed by atoms with Crippen molar-refractivity contribution in [3.8, 4) is 0 Å². The smallest absolute Gasteiger partial charge is 0.236 e. The van der Waals surface area contributed by atoms with Crippen LogP contribution >= 0.6 is 0 Å². The Labute approximate surface area is 197 Å². The second kappa shape index (κ2) is 9.68. The number of piperidine rings is 2. The largest absolute Gasteiger partial charge is 0.341 e. The topological polar surface area (TPSA) is 43.9 Å². The van der Waals surface area contributed by atoms with Gasteiger partial charge in [0.2, 0.25) is 11.8 Å². The van der Waals surface area contributed by atoms with Crippen LogP contribution in [0.25, 0.3) is 0 Å². The fraction of sp³-hybridized carbons (Fsp3) is 0.500. The summed E-state index contributed by atoms with van der Waals surface area (Å²) in [6.45, 7) is 4.71. The molecule has 0 bridgehead atoms. The molecule has 3 heterocycles. The van der Waals surface area contributed by atoms with Crippen LogP contribution in [0, 0.1) is 0 Å². The van der Waals surface area contributed by atoms with Gasteiger partial charge in [-0.2, -0.15) is 0 Å². The molecule has 0 aromatic heterocycles. The molecule has 2 aromatic carbocycles. The molecule has 5 heteroatoms. The molecule has 174 valence electrons. The van der Waals surface area contributed by atoms with Gasteiger partial charge in [0.1, 0.15) is 0 Å². The van der Waals surface area contributed by atoms with E-state index in [1.807, 2.05) is 23.1 Å². The van der Waals surface area contributed by atoms with Crippen LogP contribution in [0.4, 0.5) is 0 Å². The molecule has 5 nitrogen and oxygen atoms in total. The Morgan fingerprint density at radius 1 is 0.848 bits per heavy atom. The van der Waals surface area contributed by atoms with E-state index >= 15 is 0 Å². The highest BCUT2D eigenvalue weighted by molar-refractivity contribution is 5.80. The van der Waals surface area contributed by atoms with Crippen molar-refractivity contribution >= 4 is 11.8 Å². The van der Waals surface area contributed by atoms with Gasteiger partial charge in [-0.15, -0.1) is 0 Å². The van der Waals surface area contributed by atoms with Crippen molar-refractivity contribution in [2.75, 3.05) is 32.7 Å². The van der Waals surface area contributed by atoms with E-state index in [2.05, 4.69) is 52.3 Å². The van der Waals surface area contributed by atoms with Crippen molar-refractivity contribution in [2.24, 2.45) is 0 Å². The molecule has 0 unspecified atom stereocenters. The molecule has 0 saturated carbocycles. The molecule has 0 aliphatic carbocycles. The summed E-state index contributed by atoms with van der Waals surface area (Å²) in [7, 11) is 0. The average Bonchev–Trinajstić information content (AvgIpc) is 3.16. The van der Waals surface area contributed by atoms with Gasteiger partial charge in [-0.25, -0.2) is 0 Å². The van der Waals surface area contributed by atoms with E-state index in [-0.39, 0.29) is 17.4 Å². The molecule has 3 saturated heterocycles. The second-order valence-corrected chi connectivity index (χ2v) is 10.0. The van der Waals surface area contributed by atoms with Crippen molar-refractivity contribution in [3.63, 3.8) is 0 Å². The standard InChI is InChI=1S/C28H35N3O2/c32-26-11-14-28(31(26)21-23-7-3-1-4-8-23)15-19-30(20-16-28)27(33)22-29-17-12-25(13-18-29)24-9-5-2-6-10-24/h1-10,25H,11-22H2. The van der Waals surface area contributed by atoms with Gasteiger partial charge < -0.3 is 9.80 Å². The summed E-state index contributed by atoms with van der Waals surface area (Å²) in [6.07, 6.45) is 5.60. The first-order chi connectivity index (χ1) is 16.1. The summed E-state index contributed by atoms with van der Waals surface area (Å²) in [5.74, 6) is 1.13. The molecule has 3 aliphatic heterocycles. The van der Waals surface area contributed by atoms with E-state index in [0.29, 0.717) is 25.4 Å². The summed E-state index contributed by atoms with van der Waals surface area (Å²) in [4.78, 5) is 32.2. The molecule has 3 fully saturated rings. The maximum atomic E-state index is 13.1. The van der Waals surface area contributed by atoms with Gasteiger partial charge in [0, 0.05) is 31.6 Å². The van der Waals surface area contributed by atoms with E-state index < -0.39 is 0 Å². The first-order valence-corrected chi connectivity index (χ1v) is 12.5. The number of rotatable bonds is 5. The molecule has 3 aliphatic rings. The van der Waals surface area contributed by atoms with E-state index in [1.54, 1.807) is 0 Å². The van der Waals surface area contributed by atoms with Crippen molar-refractivity contribution in [1.29, 1.82) is 0 Å². The van der Waals surface area contributed by atoms with Crippen molar-refractivity contribution < 1.29 is 9.59 Å². The highest BCUT2D eigenvalue weighted by Crippen LogP contribution is 2.40. The highest BCUT2D eigenvalue weighted by atomic mass is 16.2. The third-order valence-corrected chi connectivity index (χ3v) is 8.13. The van der Waals surface area contributed by atoms with Crippen LogP contribution in [0.2, 0.25) is 0 Å². The van der Waals surface area contributed by atoms with E-state index in [1.165, 1.54) is 11.1 Å². The predicted molar refractivity (Wildman–Crippen MR) is 130 cm³/mol. The number of hydrogen-bond acceptors (Lipinski definition) is 3. The Morgan fingerprint density at radius 3 is 2.15 bits per heavy atom. The monoisotopic (exact) mass is 445 g/mol. The minimum absolute atomic E-state index is 0.0717. The first-order valence-electron chi connectivity index (χ1n) is 12.5. The van der Waals surface area contributed by atoms with Gasteiger partial charge >= 0.3 is 0 Å². The zero-order chi connectivity index (χ0) is 22.7. The fourth-order valence-corrected chi connectivity index (χ4v) is 6.03. The zero-order valence-corrected chi connectivity index (χ0v) is 19.5. The molecule has 1 spiro atoms. The van der Waals surface area contributed by atoms with Gasteiger partial charge in [0.05, 0.1) is 6.54 Å². The summed E-state index contributed by atoms with van der Waals surface area (Å²) < 4.78 is 0. The SMILES string of the molecule is O=C(CN1CCC(c2ccccc2)CC1)N1CCC2(CCC(=O)N2Cc2ccccc2)CC1. The van der Waals surface area contributed by atoms with Gasteiger partial charge in [-0.1, -0.05) is 60.7 Å². The zero-order valence-electron chi connectivity index (χ0n) is 19.5. The molecule has 0 atom stereocenters. The quantitative estimate of drug-likeness (QED) is 0.697. The minimum Gasteiger partial charge on any atom is -0.341 e. The third kappa shape index (κ3) is 4.84. The molecular weight excluding hydrogens is 410 g/mol. The van der Waals surface area contributed by atoms with Crippen molar-refractivity contribution in [1.82, 2.24) is 14.7 Å². The van der Waals surface area contributed by atoms with Crippen molar-refractivity contribution in [3.05, 3.63) is 71.8 Å². The molecule has 2 amide bonds. The summed E-state index contributed by atoms with van der Waals surface area (Å²) in [5, 5.41) is 0. The second-order valence-electron chi connectivity index (χ2n) is 10.0. The minimum atomic E-state index is -0.0717. The van der Waals surface area contributed by atoms with Gasteiger partial charge in [0.25, 0.3) is 0 Å². The van der Waals surface area contributed by atoms with E-state index in [9.17, 15) is 9.59 Å². The maximum absolute atomic E-state index is 13.1. The number of carbonyl (C=O) groups excluding carboxylic acids is 2. The Kier molecular flexibility index (Phi) is 6.50. The number of nitrogens with zero attached hydrogens (tertiary/aromatic N) is 3. The van der Waals surface area contributed by atoms with Crippen LogP contribution in [-0.4, -0.2) is 64.8 Å². The number of carbonyl (C=O) groups is 2. The lowest BCUT2D eigenvalue weighted by atomic mass is 9.84. The fourth-order valence-electron chi connectivity index (χ4n) is 6.03. The number of likely N-dealkylation sites (tertiary alicyclic amines) is 3. The first kappa shape index (κ1) is 22.1. The summed E-state index contributed by atoms with van der Waals surface area (Å²) >= 11 is 0. The van der Waals surface area contributed by atoms with E-state index in [4.69, 9.17) is 0 Å². The Bertz CT molecular complexity index is 946. The number of benzene rings is 2. The maximum Gasteiger partial charge on any atom is 0.236 e. The van der Waals surface area contributed by atoms with Crippen LogP contribution in [0.15, 0.2) is 60.7 Å². The van der Waals surface area contributed by atoms with Crippen LogP contribution in [0.5, 0.6) is 0 Å². The Morgan fingerprint density at radius 2 is 1.48 bits per heavy atom. The summed E-state index contributed by atoms with van der Waals surface area (Å²) in [6, 6.07) is 21.0. The highest BCUT2D eigenvalue weighted by Gasteiger charge is 2.47. The van der Waals surface area contributed by atoms with Crippen LogP contribution in [0.3, 0.4) is 0 Å². The number of amides is 2. The number of hydrogen-bond donors (Lipinski definition) is 0. The summed E-state index contributed by atoms with van der Waals surface area (Å²) in [5.41, 5.74) is 2.54. The van der Waals surface area contributed by atoms with Crippen LogP contribution in [-0.2, 0) is 16.1 Å². The lowest BCUT2D eigenvalue weighted by Crippen LogP contribution is -2.55. The lowest BCUT2D eigenvalue weighted by Gasteiger charge is -2.45. The Balaban J connectivity index is 1.13. The molecule has 0 radical (unpaired) electrons. The van der Waals surface area contributed by atoms with Gasteiger partial charge in [0.15, 0.2) is 0 Å². The average molecular weight is 446 g/mol. The van der Waals surface area contributed by atoms with Gasteiger partial charge in [-0.3, -0.25) is 14.5 Å². The van der Waals surface area contributed by atoms with Crippen molar-refractivity contribution in [2.45, 2.75) is 56.5 Å². The van der Waals surface area contributed by atoms with Crippen LogP contribution < -0.4 is 0 Å². The molecular formula is C28H35N3O2. The molecule has 0 N–H and O–H groups in total. The Hall–Kier alpha value is -2.66. The molecule has 2 aromatic rings. The molecule has 5 rings (SSSR count). The third-order valence-electron chi connectivity index (χ3n) is 8.13. The van der Waals surface area contributed by atoms with E-state index in [0.717, 1.165) is 58.3 Å². The van der Waals surface area contributed by atoms with Crippen LogP contribution in [0.1, 0.15) is 55.6 Å². The molecule has 33 heavy (non-hydrogen) atoms. The normalized spacial score (nSPS) is 21.6. The van der Waals surface area contributed by atoms with Gasteiger partial charge in [-0.05, 0) is 62.2 Å².